The molecule has 0 spiro atoms. The van der Waals surface area contributed by atoms with E-state index in [4.69, 9.17) is 15.3 Å². The first-order valence-corrected chi connectivity index (χ1v) is 5.61. The quantitative estimate of drug-likeness (QED) is 0.569. The first-order valence-electron chi connectivity index (χ1n) is 5.61. The summed E-state index contributed by atoms with van der Waals surface area (Å²) in [5.41, 5.74) is 2.35. The van der Waals surface area contributed by atoms with E-state index in [-0.39, 0.29) is 30.2 Å². The Balaban J connectivity index is 2.88. The lowest BCUT2D eigenvalue weighted by Gasteiger charge is -2.13. The fourth-order valence-electron chi connectivity index (χ4n) is 0.982. The lowest BCUT2D eigenvalue weighted by Crippen LogP contribution is -2.17. The maximum atomic E-state index is 5.49. The van der Waals surface area contributed by atoms with Crippen LogP contribution >= 0.6 is 0 Å². The smallest absolute Gasteiger partial charge is 0.324 e. The Bertz CT molecular complexity index is 359. The summed E-state index contributed by atoms with van der Waals surface area (Å²) in [4.78, 5) is 12.0. The Morgan fingerprint density at radius 3 is 2.18 bits per heavy atom. The molecule has 1 aromatic rings. The molecule has 0 saturated heterocycles. The van der Waals surface area contributed by atoms with Gasteiger partial charge in [-0.05, 0) is 27.2 Å². The molecule has 17 heavy (non-hydrogen) atoms. The van der Waals surface area contributed by atoms with Crippen molar-refractivity contribution in [3.8, 4) is 12.0 Å². The maximum Gasteiger partial charge on any atom is 0.324 e. The Hall–Kier alpha value is -1.63. The fraction of sp³-hybridized carbons (Fsp3) is 0.700. The van der Waals surface area contributed by atoms with Gasteiger partial charge in [-0.25, -0.2) is 5.84 Å². The van der Waals surface area contributed by atoms with Crippen molar-refractivity contribution in [3.63, 3.8) is 0 Å². The summed E-state index contributed by atoms with van der Waals surface area (Å²) in [5, 5.41) is 0. The number of anilines is 1. The number of aromatic nitrogens is 3. The molecule has 1 heterocycles. The number of nitrogens with zero attached hydrogens (tertiary/aromatic N) is 3. The van der Waals surface area contributed by atoms with Crippen LogP contribution in [0.25, 0.3) is 0 Å². The molecule has 0 aliphatic carbocycles. The van der Waals surface area contributed by atoms with Crippen molar-refractivity contribution in [1.29, 1.82) is 0 Å². The molecule has 1 unspecified atom stereocenters. The van der Waals surface area contributed by atoms with Gasteiger partial charge in [-0.3, -0.25) is 5.43 Å². The van der Waals surface area contributed by atoms with E-state index in [2.05, 4.69) is 20.4 Å². The van der Waals surface area contributed by atoms with E-state index in [0.29, 0.717) is 0 Å². The molecule has 0 saturated carbocycles. The van der Waals surface area contributed by atoms with Crippen LogP contribution in [0.4, 0.5) is 5.95 Å². The molecule has 0 fully saturated rings. The molecule has 0 aliphatic heterocycles. The summed E-state index contributed by atoms with van der Waals surface area (Å²) in [6.45, 7) is 7.71. The van der Waals surface area contributed by atoms with Gasteiger partial charge in [0.05, 0.1) is 12.2 Å². The lowest BCUT2D eigenvalue weighted by atomic mass is 10.3. The lowest BCUT2D eigenvalue weighted by molar-refractivity contribution is 0.184. The number of rotatable bonds is 6. The van der Waals surface area contributed by atoms with E-state index < -0.39 is 0 Å². The van der Waals surface area contributed by atoms with Gasteiger partial charge in [0.1, 0.15) is 0 Å². The first-order chi connectivity index (χ1) is 8.05. The highest BCUT2D eigenvalue weighted by Crippen LogP contribution is 2.15. The van der Waals surface area contributed by atoms with E-state index in [1.54, 1.807) is 0 Å². The summed E-state index contributed by atoms with van der Waals surface area (Å²) in [6, 6.07) is 0.402. The molecule has 0 amide bonds. The molecule has 96 valence electrons. The Morgan fingerprint density at radius 1 is 1.12 bits per heavy atom. The van der Waals surface area contributed by atoms with E-state index in [9.17, 15) is 0 Å². The van der Waals surface area contributed by atoms with Gasteiger partial charge in [0.15, 0.2) is 0 Å². The zero-order chi connectivity index (χ0) is 12.8. The third-order valence-electron chi connectivity index (χ3n) is 1.95. The predicted molar refractivity (Wildman–Crippen MR) is 63.8 cm³/mol. The number of nitrogens with one attached hydrogen (secondary N) is 1. The van der Waals surface area contributed by atoms with Gasteiger partial charge in [0, 0.05) is 0 Å². The summed E-state index contributed by atoms with van der Waals surface area (Å²) >= 11 is 0. The van der Waals surface area contributed by atoms with Crippen LogP contribution in [0, 0.1) is 0 Å². The molecule has 1 atom stereocenters. The normalized spacial score (nSPS) is 12.4. The SMILES string of the molecule is CCC(C)Oc1nc(NN)nc(OC(C)C)n1. The van der Waals surface area contributed by atoms with Crippen LogP contribution in [0.1, 0.15) is 34.1 Å². The van der Waals surface area contributed by atoms with Crippen LogP contribution in [-0.2, 0) is 0 Å². The monoisotopic (exact) mass is 241 g/mol. The van der Waals surface area contributed by atoms with Crippen molar-refractivity contribution >= 4 is 5.95 Å². The Labute approximate surface area is 101 Å². The molecule has 1 rings (SSSR count). The average molecular weight is 241 g/mol. The summed E-state index contributed by atoms with van der Waals surface area (Å²) in [7, 11) is 0. The van der Waals surface area contributed by atoms with Gasteiger partial charge in [-0.1, -0.05) is 6.92 Å². The van der Waals surface area contributed by atoms with Gasteiger partial charge in [-0.15, -0.1) is 4.98 Å². The zero-order valence-corrected chi connectivity index (χ0v) is 10.6. The van der Waals surface area contributed by atoms with Gasteiger partial charge in [0.25, 0.3) is 0 Å². The van der Waals surface area contributed by atoms with Crippen molar-refractivity contribution in [3.05, 3.63) is 0 Å². The Kier molecular flexibility index (Phi) is 4.89. The third-order valence-corrected chi connectivity index (χ3v) is 1.95. The number of nitrogen functional groups attached to an aromatic ring is 1. The summed E-state index contributed by atoms with van der Waals surface area (Å²) in [6.07, 6.45) is 0.853. The van der Waals surface area contributed by atoms with Gasteiger partial charge < -0.3 is 9.47 Å². The van der Waals surface area contributed by atoms with Crippen molar-refractivity contribution in [2.45, 2.75) is 46.3 Å². The van der Waals surface area contributed by atoms with Crippen molar-refractivity contribution in [1.82, 2.24) is 15.0 Å². The maximum absolute atomic E-state index is 5.49. The van der Waals surface area contributed by atoms with E-state index >= 15 is 0 Å². The molecule has 7 nitrogen and oxygen atoms in total. The second kappa shape index (κ2) is 6.19. The molecule has 0 radical (unpaired) electrons. The second-order valence-corrected chi connectivity index (χ2v) is 3.87. The first kappa shape index (κ1) is 13.4. The highest BCUT2D eigenvalue weighted by atomic mass is 16.5. The average Bonchev–Trinajstić information content (AvgIpc) is 2.27. The van der Waals surface area contributed by atoms with Gasteiger partial charge in [-0.2, -0.15) is 9.97 Å². The highest BCUT2D eigenvalue weighted by molar-refractivity contribution is 5.25. The summed E-state index contributed by atoms with van der Waals surface area (Å²) < 4.78 is 10.9. The van der Waals surface area contributed by atoms with Crippen molar-refractivity contribution in [2.24, 2.45) is 5.84 Å². The number of hydrogen-bond donors (Lipinski definition) is 2. The van der Waals surface area contributed by atoms with Gasteiger partial charge in [0.2, 0.25) is 5.95 Å². The number of ether oxygens (including phenoxy) is 2. The highest BCUT2D eigenvalue weighted by Gasteiger charge is 2.11. The molecule has 0 aliphatic rings. The minimum absolute atomic E-state index is 0.0231. The van der Waals surface area contributed by atoms with Gasteiger partial charge >= 0.3 is 12.0 Å². The molecule has 0 bridgehead atoms. The van der Waals surface area contributed by atoms with E-state index in [0.717, 1.165) is 6.42 Å². The fourth-order valence-corrected chi connectivity index (χ4v) is 0.982. The van der Waals surface area contributed by atoms with E-state index in [1.165, 1.54) is 0 Å². The largest absolute Gasteiger partial charge is 0.461 e. The van der Waals surface area contributed by atoms with Crippen LogP contribution in [0.5, 0.6) is 12.0 Å². The molecule has 3 N–H and O–H groups in total. The number of nitrogens with two attached hydrogens (primary N) is 1. The molecule has 7 heteroatoms. The topological polar surface area (TPSA) is 95.2 Å². The second-order valence-electron chi connectivity index (χ2n) is 3.87. The number of hydrogen-bond acceptors (Lipinski definition) is 7. The Morgan fingerprint density at radius 2 is 1.71 bits per heavy atom. The van der Waals surface area contributed by atoms with Crippen LogP contribution in [0.3, 0.4) is 0 Å². The van der Waals surface area contributed by atoms with Crippen LogP contribution < -0.4 is 20.7 Å². The standard InChI is InChI=1S/C10H19N5O2/c1-5-7(4)17-10-13-8(15-11)12-9(14-10)16-6(2)3/h6-7H,5,11H2,1-4H3,(H,12,13,14,15). The van der Waals surface area contributed by atoms with Crippen LogP contribution in [0.15, 0.2) is 0 Å². The summed E-state index contributed by atoms with van der Waals surface area (Å²) in [5.74, 6) is 5.48. The minimum atomic E-state index is -0.0283. The molecular formula is C10H19N5O2. The predicted octanol–water partition coefficient (Wildman–Crippen LogP) is 1.12. The number of hydrazine groups is 1. The zero-order valence-electron chi connectivity index (χ0n) is 10.6. The molecule has 1 aromatic heterocycles. The van der Waals surface area contributed by atoms with E-state index in [1.807, 2.05) is 27.7 Å². The van der Waals surface area contributed by atoms with Crippen LogP contribution in [-0.4, -0.2) is 27.2 Å². The van der Waals surface area contributed by atoms with Crippen LogP contribution in [0.2, 0.25) is 0 Å². The molecular weight excluding hydrogens is 222 g/mol. The minimum Gasteiger partial charge on any atom is -0.461 e. The molecule has 0 aromatic carbocycles. The van der Waals surface area contributed by atoms with Crippen molar-refractivity contribution < 1.29 is 9.47 Å². The third kappa shape index (κ3) is 4.39. The van der Waals surface area contributed by atoms with Crippen molar-refractivity contribution in [2.75, 3.05) is 5.43 Å².